The van der Waals surface area contributed by atoms with E-state index >= 15 is 0 Å². The Kier molecular flexibility index (Phi) is 6.73. The van der Waals surface area contributed by atoms with Crippen molar-refractivity contribution in [2.45, 2.75) is 26.8 Å². The summed E-state index contributed by atoms with van der Waals surface area (Å²) >= 11 is 12.1. The Morgan fingerprint density at radius 3 is 2.56 bits per heavy atom. The highest BCUT2D eigenvalue weighted by molar-refractivity contribution is 6.42. The largest absolute Gasteiger partial charge is 0.356 e. The summed E-state index contributed by atoms with van der Waals surface area (Å²) in [5.41, 5.74) is 4.66. The normalized spacial score (nSPS) is 11.7. The Hall–Kier alpha value is -1.72. The molecule has 0 aliphatic carbocycles. The molecule has 2 aromatic rings. The van der Waals surface area contributed by atoms with Crippen LogP contribution in [-0.4, -0.2) is 41.3 Å². The van der Waals surface area contributed by atoms with E-state index in [9.17, 15) is 0 Å². The van der Waals surface area contributed by atoms with E-state index < -0.39 is 0 Å². The minimum atomic E-state index is 0.567. The van der Waals surface area contributed by atoms with Gasteiger partial charge < -0.3 is 10.2 Å². The van der Waals surface area contributed by atoms with Crippen LogP contribution in [0.3, 0.4) is 0 Å². The van der Waals surface area contributed by atoms with E-state index in [0.29, 0.717) is 16.6 Å². The first-order valence-electron chi connectivity index (χ1n) is 8.18. The molecule has 1 aromatic carbocycles. The molecule has 0 amide bonds. The average molecular weight is 382 g/mol. The van der Waals surface area contributed by atoms with Gasteiger partial charge >= 0.3 is 0 Å². The molecule has 136 valence electrons. The number of aliphatic imine (C=N–C) groups is 1. The molecule has 5 nitrogen and oxygen atoms in total. The Bertz CT molecular complexity index is 767. The van der Waals surface area contributed by atoms with E-state index in [0.717, 1.165) is 30.2 Å². The van der Waals surface area contributed by atoms with Crippen molar-refractivity contribution in [3.63, 3.8) is 0 Å². The van der Waals surface area contributed by atoms with Crippen molar-refractivity contribution in [2.24, 2.45) is 12.0 Å². The number of nitrogens with zero attached hydrogens (tertiary/aromatic N) is 4. The summed E-state index contributed by atoms with van der Waals surface area (Å²) < 4.78 is 1.93. The molecule has 0 fully saturated rings. The first-order chi connectivity index (χ1) is 11.8. The zero-order chi connectivity index (χ0) is 18.6. The number of hydrogen-bond donors (Lipinski definition) is 1. The van der Waals surface area contributed by atoms with Crippen LogP contribution in [0.15, 0.2) is 23.2 Å². The van der Waals surface area contributed by atoms with E-state index in [-0.39, 0.29) is 0 Å². The van der Waals surface area contributed by atoms with Gasteiger partial charge in [0.1, 0.15) is 0 Å². The lowest BCUT2D eigenvalue weighted by molar-refractivity contribution is 0.477. The van der Waals surface area contributed by atoms with Gasteiger partial charge in [0.05, 0.1) is 15.7 Å². The number of benzene rings is 1. The molecule has 0 spiro atoms. The fourth-order valence-electron chi connectivity index (χ4n) is 2.85. The van der Waals surface area contributed by atoms with Gasteiger partial charge in [-0.05, 0) is 43.5 Å². The molecule has 25 heavy (non-hydrogen) atoms. The Balaban J connectivity index is 1.94. The monoisotopic (exact) mass is 381 g/mol. The molecular formula is C18H25Cl2N5. The molecule has 2 rings (SSSR count). The maximum Gasteiger partial charge on any atom is 0.193 e. The van der Waals surface area contributed by atoms with Crippen molar-refractivity contribution >= 4 is 29.2 Å². The van der Waals surface area contributed by atoms with E-state index in [1.165, 1.54) is 11.3 Å². The molecule has 0 atom stereocenters. The van der Waals surface area contributed by atoms with Crippen LogP contribution in [0.1, 0.15) is 22.5 Å². The second kappa shape index (κ2) is 8.59. The van der Waals surface area contributed by atoms with E-state index in [2.05, 4.69) is 27.2 Å². The van der Waals surface area contributed by atoms with Crippen LogP contribution in [0.25, 0.3) is 0 Å². The molecule has 0 saturated carbocycles. The van der Waals surface area contributed by atoms with Crippen LogP contribution in [0.5, 0.6) is 0 Å². The molecule has 0 radical (unpaired) electrons. The van der Waals surface area contributed by atoms with Gasteiger partial charge in [0, 0.05) is 39.9 Å². The van der Waals surface area contributed by atoms with Gasteiger partial charge in [-0.2, -0.15) is 5.10 Å². The van der Waals surface area contributed by atoms with Gasteiger partial charge in [0.25, 0.3) is 0 Å². The molecule has 0 bridgehead atoms. The Morgan fingerprint density at radius 2 is 2.00 bits per heavy atom. The average Bonchev–Trinajstić information content (AvgIpc) is 2.80. The molecule has 1 heterocycles. The van der Waals surface area contributed by atoms with Gasteiger partial charge in [0.15, 0.2) is 5.96 Å². The molecule has 1 N–H and O–H groups in total. The second-order valence-electron chi connectivity index (χ2n) is 6.10. The van der Waals surface area contributed by atoms with Crippen molar-refractivity contribution in [1.29, 1.82) is 0 Å². The summed E-state index contributed by atoms with van der Waals surface area (Å²) in [7, 11) is 5.76. The third kappa shape index (κ3) is 4.89. The molecule has 0 unspecified atom stereocenters. The van der Waals surface area contributed by atoms with Crippen molar-refractivity contribution in [1.82, 2.24) is 20.0 Å². The summed E-state index contributed by atoms with van der Waals surface area (Å²) in [6.07, 6.45) is 0.908. The standard InChI is InChI=1S/C18H25Cl2N5/c1-12-15(13(2)25(5)23-12)8-9-22-18(21-3)24(4)11-14-6-7-16(19)17(20)10-14/h6-7,10H,8-9,11H2,1-5H3,(H,21,22). The molecule has 0 aliphatic rings. The van der Waals surface area contributed by atoms with Crippen LogP contribution in [0.4, 0.5) is 0 Å². The van der Waals surface area contributed by atoms with Gasteiger partial charge in [-0.25, -0.2) is 0 Å². The molecule has 7 heteroatoms. The van der Waals surface area contributed by atoms with Crippen LogP contribution >= 0.6 is 23.2 Å². The smallest absolute Gasteiger partial charge is 0.193 e. The first kappa shape index (κ1) is 19.6. The van der Waals surface area contributed by atoms with E-state index in [1.54, 1.807) is 7.05 Å². The van der Waals surface area contributed by atoms with Crippen LogP contribution in [0.2, 0.25) is 10.0 Å². The highest BCUT2D eigenvalue weighted by Gasteiger charge is 2.11. The molecular weight excluding hydrogens is 357 g/mol. The number of aromatic nitrogens is 2. The highest BCUT2D eigenvalue weighted by Crippen LogP contribution is 2.23. The molecule has 0 saturated heterocycles. The predicted octanol–water partition coefficient (Wildman–Crippen LogP) is 3.59. The lowest BCUT2D eigenvalue weighted by Gasteiger charge is -2.22. The summed E-state index contributed by atoms with van der Waals surface area (Å²) in [6, 6.07) is 5.67. The third-order valence-corrected chi connectivity index (χ3v) is 5.03. The van der Waals surface area contributed by atoms with Gasteiger partial charge in [-0.3, -0.25) is 9.67 Å². The number of nitrogens with one attached hydrogen (secondary N) is 1. The highest BCUT2D eigenvalue weighted by atomic mass is 35.5. The number of hydrogen-bond acceptors (Lipinski definition) is 2. The van der Waals surface area contributed by atoms with Gasteiger partial charge in [0.2, 0.25) is 0 Å². The van der Waals surface area contributed by atoms with Gasteiger partial charge in [-0.15, -0.1) is 0 Å². The topological polar surface area (TPSA) is 45.5 Å². The Labute approximate surface area is 159 Å². The first-order valence-corrected chi connectivity index (χ1v) is 8.93. The fraction of sp³-hybridized carbons (Fsp3) is 0.444. The lowest BCUT2D eigenvalue weighted by Crippen LogP contribution is -2.39. The zero-order valence-electron chi connectivity index (χ0n) is 15.4. The number of guanidine groups is 1. The van der Waals surface area contributed by atoms with Crippen LogP contribution in [-0.2, 0) is 20.0 Å². The van der Waals surface area contributed by atoms with Crippen molar-refractivity contribution in [3.05, 3.63) is 50.8 Å². The fourth-order valence-corrected chi connectivity index (χ4v) is 3.17. The van der Waals surface area contributed by atoms with Crippen LogP contribution < -0.4 is 5.32 Å². The summed E-state index contributed by atoms with van der Waals surface area (Å²) in [4.78, 5) is 6.42. The maximum absolute atomic E-state index is 6.09. The van der Waals surface area contributed by atoms with Gasteiger partial charge in [-0.1, -0.05) is 29.3 Å². The molecule has 0 aliphatic heterocycles. The van der Waals surface area contributed by atoms with Crippen molar-refractivity contribution < 1.29 is 0 Å². The maximum atomic E-state index is 6.09. The number of aryl methyl sites for hydroxylation is 2. The zero-order valence-corrected chi connectivity index (χ0v) is 16.9. The molecule has 1 aromatic heterocycles. The third-order valence-electron chi connectivity index (χ3n) is 4.29. The van der Waals surface area contributed by atoms with Crippen LogP contribution in [0, 0.1) is 13.8 Å². The summed E-state index contributed by atoms with van der Waals surface area (Å²) in [5, 5.41) is 9.00. The number of rotatable bonds is 5. The SMILES string of the molecule is CN=C(NCCc1c(C)nn(C)c1C)N(C)Cc1ccc(Cl)c(Cl)c1. The quantitative estimate of drug-likeness (QED) is 0.635. The minimum Gasteiger partial charge on any atom is -0.356 e. The predicted molar refractivity (Wildman–Crippen MR) is 106 cm³/mol. The lowest BCUT2D eigenvalue weighted by atomic mass is 10.1. The van der Waals surface area contributed by atoms with Crippen molar-refractivity contribution in [2.75, 3.05) is 20.6 Å². The van der Waals surface area contributed by atoms with E-state index in [4.69, 9.17) is 23.2 Å². The number of halogens is 2. The summed E-state index contributed by atoms with van der Waals surface area (Å²) in [5.74, 6) is 0.838. The summed E-state index contributed by atoms with van der Waals surface area (Å²) in [6.45, 7) is 5.64. The van der Waals surface area contributed by atoms with E-state index in [1.807, 2.05) is 43.9 Å². The minimum absolute atomic E-state index is 0.567. The second-order valence-corrected chi connectivity index (χ2v) is 6.92. The van der Waals surface area contributed by atoms with Crippen molar-refractivity contribution in [3.8, 4) is 0 Å². The Morgan fingerprint density at radius 1 is 1.28 bits per heavy atom.